The molecule has 0 aliphatic rings. The first kappa shape index (κ1) is 9.61. The largest absolute Gasteiger partial charge is 0.290 e. The number of nitrogens with zero attached hydrogens (tertiary/aromatic N) is 2. The fourth-order valence-corrected chi connectivity index (χ4v) is 1.13. The van der Waals surface area contributed by atoms with E-state index < -0.39 is 22.0 Å². The van der Waals surface area contributed by atoms with Gasteiger partial charge in [0.1, 0.15) is 6.07 Å². The Bertz CT molecular complexity index is 414. The topological polar surface area (TPSA) is 66.9 Å². The number of nitro groups is 1. The molecule has 0 aliphatic heterocycles. The van der Waals surface area contributed by atoms with Crippen LogP contribution in [0.3, 0.4) is 0 Å². The minimum absolute atomic E-state index is 0.0367. The summed E-state index contributed by atoms with van der Waals surface area (Å²) in [5, 5.41) is 18.8. The molecule has 6 heteroatoms. The van der Waals surface area contributed by atoms with Crippen LogP contribution in [-0.4, -0.2) is 4.92 Å². The number of hydrogen-bond acceptors (Lipinski definition) is 3. The molecule has 0 N–H and O–H groups in total. The van der Waals surface area contributed by atoms with Crippen molar-refractivity contribution in [3.8, 4) is 6.07 Å². The average Bonchev–Trinajstić information content (AvgIpc) is 2.09. The molecule has 0 aliphatic carbocycles. The van der Waals surface area contributed by atoms with Crippen LogP contribution < -0.4 is 0 Å². The Morgan fingerprint density at radius 1 is 1.62 bits per heavy atom. The monoisotopic (exact) mass is 244 g/mol. The Kier molecular flexibility index (Phi) is 2.58. The summed E-state index contributed by atoms with van der Waals surface area (Å²) in [5.74, 6) is -0.906. The quantitative estimate of drug-likeness (QED) is 0.563. The molecular formula is C7H2BrFN2O2. The van der Waals surface area contributed by atoms with Gasteiger partial charge in [0.05, 0.1) is 9.40 Å². The normalized spacial score (nSPS) is 9.31. The van der Waals surface area contributed by atoms with Crippen LogP contribution in [0.2, 0.25) is 0 Å². The van der Waals surface area contributed by atoms with Crippen molar-refractivity contribution in [2.75, 3.05) is 0 Å². The Balaban J connectivity index is 3.50. The predicted octanol–water partition coefficient (Wildman–Crippen LogP) is 2.37. The van der Waals surface area contributed by atoms with Gasteiger partial charge in [-0.05, 0) is 22.0 Å². The van der Waals surface area contributed by atoms with E-state index in [2.05, 4.69) is 15.9 Å². The lowest BCUT2D eigenvalue weighted by molar-refractivity contribution is -0.385. The molecule has 0 radical (unpaired) electrons. The van der Waals surface area contributed by atoms with Gasteiger partial charge in [-0.1, -0.05) is 0 Å². The van der Waals surface area contributed by atoms with Crippen molar-refractivity contribution in [3.63, 3.8) is 0 Å². The van der Waals surface area contributed by atoms with Crippen molar-refractivity contribution >= 4 is 21.6 Å². The molecule has 0 saturated heterocycles. The van der Waals surface area contributed by atoms with E-state index in [0.29, 0.717) is 0 Å². The molecule has 13 heavy (non-hydrogen) atoms. The first-order valence-corrected chi connectivity index (χ1v) is 3.89. The second-order valence-corrected chi connectivity index (χ2v) is 2.98. The van der Waals surface area contributed by atoms with Gasteiger partial charge in [-0.3, -0.25) is 10.1 Å². The van der Waals surface area contributed by atoms with E-state index in [0.717, 1.165) is 6.07 Å². The molecule has 0 heterocycles. The molecule has 0 bridgehead atoms. The molecule has 4 nitrogen and oxygen atoms in total. The van der Waals surface area contributed by atoms with Gasteiger partial charge in [-0.2, -0.15) is 5.26 Å². The molecule has 66 valence electrons. The molecule has 0 unspecified atom stereocenters. The number of rotatable bonds is 1. The summed E-state index contributed by atoms with van der Waals surface area (Å²) in [6, 6.07) is 3.70. The highest BCUT2D eigenvalue weighted by atomic mass is 79.9. The minimum atomic E-state index is -0.906. The van der Waals surface area contributed by atoms with E-state index in [1.165, 1.54) is 12.1 Å². The minimum Gasteiger partial charge on any atom is -0.258 e. The molecule has 0 spiro atoms. The van der Waals surface area contributed by atoms with Crippen molar-refractivity contribution in [3.05, 3.63) is 38.1 Å². The first-order chi connectivity index (χ1) is 6.07. The van der Waals surface area contributed by atoms with Crippen molar-refractivity contribution in [2.24, 2.45) is 0 Å². The summed E-state index contributed by atoms with van der Waals surface area (Å²) in [7, 11) is 0. The summed E-state index contributed by atoms with van der Waals surface area (Å²) >= 11 is 2.82. The summed E-state index contributed by atoms with van der Waals surface area (Å²) in [5.41, 5.74) is -1.08. The van der Waals surface area contributed by atoms with Gasteiger partial charge in [0.25, 0.3) is 5.69 Å². The maximum atomic E-state index is 13.0. The zero-order chi connectivity index (χ0) is 10.0. The van der Waals surface area contributed by atoms with Gasteiger partial charge in [0, 0.05) is 6.07 Å². The third kappa shape index (κ3) is 1.65. The van der Waals surface area contributed by atoms with Crippen molar-refractivity contribution in [1.82, 2.24) is 0 Å². The Morgan fingerprint density at radius 3 is 2.69 bits per heavy atom. The lowest BCUT2D eigenvalue weighted by Crippen LogP contribution is -1.95. The molecule has 0 atom stereocenters. The lowest BCUT2D eigenvalue weighted by atomic mass is 10.2. The average molecular weight is 245 g/mol. The Labute approximate surface area is 80.9 Å². The number of nitro benzene ring substituents is 1. The summed E-state index contributed by atoms with van der Waals surface area (Å²) in [6.45, 7) is 0. The van der Waals surface area contributed by atoms with Crippen molar-refractivity contribution in [1.29, 1.82) is 5.26 Å². The van der Waals surface area contributed by atoms with Crippen molar-refractivity contribution in [2.45, 2.75) is 0 Å². The van der Waals surface area contributed by atoms with E-state index in [1.54, 1.807) is 0 Å². The maximum Gasteiger partial charge on any atom is 0.290 e. The second-order valence-electron chi connectivity index (χ2n) is 2.12. The van der Waals surface area contributed by atoms with Crippen LogP contribution in [0.4, 0.5) is 10.1 Å². The summed E-state index contributed by atoms with van der Waals surface area (Å²) < 4.78 is 13.1. The molecule has 1 aromatic carbocycles. The van der Waals surface area contributed by atoms with Gasteiger partial charge in [-0.25, -0.2) is 4.39 Å². The van der Waals surface area contributed by atoms with Crippen molar-refractivity contribution < 1.29 is 9.31 Å². The molecule has 0 saturated carbocycles. The maximum absolute atomic E-state index is 13.0. The molecule has 1 rings (SSSR count). The van der Waals surface area contributed by atoms with Gasteiger partial charge >= 0.3 is 0 Å². The molecule has 0 amide bonds. The third-order valence-corrected chi connectivity index (χ3v) is 1.99. The van der Waals surface area contributed by atoms with E-state index in [1.807, 2.05) is 0 Å². The zero-order valence-corrected chi connectivity index (χ0v) is 7.71. The molecule has 0 aromatic heterocycles. The zero-order valence-electron chi connectivity index (χ0n) is 6.12. The van der Waals surface area contributed by atoms with E-state index in [4.69, 9.17) is 5.26 Å². The fraction of sp³-hybridized carbons (Fsp3) is 0. The number of hydrogen-bond donors (Lipinski definition) is 0. The van der Waals surface area contributed by atoms with Gasteiger partial charge in [0.15, 0.2) is 11.4 Å². The third-order valence-electron chi connectivity index (χ3n) is 1.38. The van der Waals surface area contributed by atoms with Crippen LogP contribution in [0, 0.1) is 27.3 Å². The Morgan fingerprint density at radius 2 is 2.23 bits per heavy atom. The number of halogens is 2. The van der Waals surface area contributed by atoms with E-state index >= 15 is 0 Å². The molecular weight excluding hydrogens is 243 g/mol. The van der Waals surface area contributed by atoms with Crippen LogP contribution in [0.15, 0.2) is 16.6 Å². The van der Waals surface area contributed by atoms with Crippen LogP contribution in [0.1, 0.15) is 5.56 Å². The SMILES string of the molecule is N#Cc1c([N+](=O)[O-])ccc(Br)c1F. The second kappa shape index (κ2) is 3.49. The first-order valence-electron chi connectivity index (χ1n) is 3.10. The predicted molar refractivity (Wildman–Crippen MR) is 45.5 cm³/mol. The molecule has 0 fully saturated rings. The summed E-state index contributed by atoms with van der Waals surface area (Å²) in [6.07, 6.45) is 0. The van der Waals surface area contributed by atoms with Crippen LogP contribution in [-0.2, 0) is 0 Å². The standard InChI is InChI=1S/C7H2BrFN2O2/c8-5-1-2-6(11(12)13)4(3-10)7(5)9/h1-2H. The highest BCUT2D eigenvalue weighted by molar-refractivity contribution is 9.10. The van der Waals surface area contributed by atoms with Crippen LogP contribution in [0.25, 0.3) is 0 Å². The van der Waals surface area contributed by atoms with Gasteiger partial charge < -0.3 is 0 Å². The van der Waals surface area contributed by atoms with Gasteiger partial charge in [0.2, 0.25) is 0 Å². The smallest absolute Gasteiger partial charge is 0.258 e. The highest BCUT2D eigenvalue weighted by Gasteiger charge is 2.19. The number of nitriles is 1. The Hall–Kier alpha value is -1.48. The lowest BCUT2D eigenvalue weighted by Gasteiger charge is -1.97. The fourth-order valence-electron chi connectivity index (χ4n) is 0.799. The van der Waals surface area contributed by atoms with E-state index in [9.17, 15) is 14.5 Å². The van der Waals surface area contributed by atoms with Crippen LogP contribution in [0.5, 0.6) is 0 Å². The number of benzene rings is 1. The highest BCUT2D eigenvalue weighted by Crippen LogP contribution is 2.26. The van der Waals surface area contributed by atoms with E-state index in [-0.39, 0.29) is 4.47 Å². The van der Waals surface area contributed by atoms with Gasteiger partial charge in [-0.15, -0.1) is 0 Å². The van der Waals surface area contributed by atoms with Crippen LogP contribution >= 0.6 is 15.9 Å². The summed E-state index contributed by atoms with van der Waals surface area (Å²) in [4.78, 5) is 9.52. The molecule has 1 aromatic rings.